The van der Waals surface area contributed by atoms with Gasteiger partial charge in [-0.15, -0.1) is 0 Å². The van der Waals surface area contributed by atoms with Gasteiger partial charge < -0.3 is 14.8 Å². The predicted molar refractivity (Wildman–Crippen MR) is 114 cm³/mol. The molecule has 1 N–H and O–H groups in total. The van der Waals surface area contributed by atoms with Crippen molar-refractivity contribution in [3.05, 3.63) is 75.5 Å². The highest BCUT2D eigenvalue weighted by Gasteiger charge is 2.48. The van der Waals surface area contributed by atoms with Crippen LogP contribution in [0.5, 0.6) is 0 Å². The van der Waals surface area contributed by atoms with Gasteiger partial charge in [0.15, 0.2) is 0 Å². The van der Waals surface area contributed by atoms with Crippen LogP contribution in [0.1, 0.15) is 36.2 Å². The van der Waals surface area contributed by atoms with E-state index in [0.29, 0.717) is 13.0 Å². The average Bonchev–Trinajstić information content (AvgIpc) is 3.14. The highest BCUT2D eigenvalue weighted by atomic mass is 16.6. The number of fused-ring (bicyclic) bond motifs is 4. The second-order valence-corrected chi connectivity index (χ2v) is 8.09. The molecular formula is C23H22N4O4. The first-order chi connectivity index (χ1) is 15.0. The van der Waals surface area contributed by atoms with Gasteiger partial charge in [0, 0.05) is 41.7 Å². The van der Waals surface area contributed by atoms with Crippen LogP contribution in [0.2, 0.25) is 0 Å². The molecule has 2 atom stereocenters. The third-order valence-electron chi connectivity index (χ3n) is 6.26. The Kier molecular flexibility index (Phi) is 4.50. The van der Waals surface area contributed by atoms with E-state index in [1.165, 1.54) is 12.1 Å². The van der Waals surface area contributed by atoms with Gasteiger partial charge in [0.25, 0.3) is 5.69 Å². The van der Waals surface area contributed by atoms with E-state index < -0.39 is 17.0 Å². The number of carbonyl (C=O) groups excluding carboxylic acids is 2. The van der Waals surface area contributed by atoms with Crippen molar-refractivity contribution in [3.8, 4) is 0 Å². The van der Waals surface area contributed by atoms with Gasteiger partial charge >= 0.3 is 0 Å². The van der Waals surface area contributed by atoms with Gasteiger partial charge in [-0.05, 0) is 35.7 Å². The molecule has 0 saturated carbocycles. The minimum atomic E-state index is -0.584. The van der Waals surface area contributed by atoms with E-state index in [2.05, 4.69) is 4.98 Å². The van der Waals surface area contributed by atoms with E-state index in [-0.39, 0.29) is 24.0 Å². The van der Waals surface area contributed by atoms with Crippen LogP contribution in [-0.4, -0.2) is 50.7 Å². The maximum absolute atomic E-state index is 13.3. The monoisotopic (exact) mass is 418 g/mol. The lowest BCUT2D eigenvalue weighted by atomic mass is 9.86. The van der Waals surface area contributed by atoms with Gasteiger partial charge in [-0.1, -0.05) is 25.1 Å². The fourth-order valence-corrected chi connectivity index (χ4v) is 4.91. The number of benzene rings is 2. The number of aromatic nitrogens is 1. The minimum Gasteiger partial charge on any atom is -0.356 e. The molecule has 8 nitrogen and oxygen atoms in total. The van der Waals surface area contributed by atoms with Crippen LogP contribution >= 0.6 is 0 Å². The Balaban J connectivity index is 1.68. The Morgan fingerprint density at radius 3 is 2.58 bits per heavy atom. The number of nitro groups is 1. The molecule has 1 fully saturated rings. The van der Waals surface area contributed by atoms with Crippen molar-refractivity contribution in [3.63, 3.8) is 0 Å². The first-order valence-electron chi connectivity index (χ1n) is 10.4. The fourth-order valence-electron chi connectivity index (χ4n) is 4.91. The lowest BCUT2D eigenvalue weighted by Gasteiger charge is -2.47. The molecule has 2 aromatic carbocycles. The van der Waals surface area contributed by atoms with Gasteiger partial charge in [0.2, 0.25) is 11.8 Å². The van der Waals surface area contributed by atoms with Crippen LogP contribution in [0.15, 0.2) is 48.5 Å². The van der Waals surface area contributed by atoms with E-state index >= 15 is 0 Å². The number of nitro benzene ring substituents is 1. The van der Waals surface area contributed by atoms with Crippen molar-refractivity contribution in [1.82, 2.24) is 14.8 Å². The summed E-state index contributed by atoms with van der Waals surface area (Å²) in [7, 11) is 0. The number of carbonyl (C=O) groups is 2. The first-order valence-corrected chi connectivity index (χ1v) is 10.4. The van der Waals surface area contributed by atoms with Crippen LogP contribution in [0.25, 0.3) is 10.9 Å². The van der Waals surface area contributed by atoms with Crippen molar-refractivity contribution in [1.29, 1.82) is 0 Å². The molecule has 158 valence electrons. The molecule has 1 aromatic heterocycles. The topological polar surface area (TPSA) is 99.5 Å². The van der Waals surface area contributed by atoms with Crippen molar-refractivity contribution >= 4 is 28.4 Å². The maximum atomic E-state index is 13.3. The number of aromatic amines is 1. The number of piperazine rings is 1. The van der Waals surface area contributed by atoms with Crippen LogP contribution in [0.3, 0.4) is 0 Å². The molecule has 8 heteroatoms. The molecule has 0 radical (unpaired) electrons. The third-order valence-corrected chi connectivity index (χ3v) is 6.26. The number of hydrogen-bond acceptors (Lipinski definition) is 4. The summed E-state index contributed by atoms with van der Waals surface area (Å²) >= 11 is 0. The zero-order valence-corrected chi connectivity index (χ0v) is 17.1. The third kappa shape index (κ3) is 2.98. The number of amides is 2. The zero-order valence-electron chi connectivity index (χ0n) is 17.1. The standard InChI is InChI=1S/C23H22N4O4/c1-2-11-25-13-20(28)26-19(23(25)29)12-17-16-5-3-4-6-18(16)24-21(17)22(26)14-7-9-15(10-8-14)27(30)31/h3-10,19,22,24H,2,11-13H2,1H3/t19-,22+/m0/s1. The zero-order chi connectivity index (χ0) is 21.7. The highest BCUT2D eigenvalue weighted by molar-refractivity contribution is 5.97. The molecule has 2 aliphatic heterocycles. The van der Waals surface area contributed by atoms with Crippen molar-refractivity contribution in [2.75, 3.05) is 13.1 Å². The summed E-state index contributed by atoms with van der Waals surface area (Å²) < 4.78 is 0. The fraction of sp³-hybridized carbons (Fsp3) is 0.304. The highest BCUT2D eigenvalue weighted by Crippen LogP contribution is 2.42. The van der Waals surface area contributed by atoms with Crippen LogP contribution < -0.4 is 0 Å². The molecule has 0 spiro atoms. The number of nitrogens with zero attached hydrogens (tertiary/aromatic N) is 3. The lowest BCUT2D eigenvalue weighted by Crippen LogP contribution is -2.63. The van der Waals surface area contributed by atoms with Crippen LogP contribution in [0, 0.1) is 10.1 Å². The first kappa shape index (κ1) is 19.3. The Bertz CT molecular complexity index is 1200. The van der Waals surface area contributed by atoms with E-state index in [1.54, 1.807) is 21.9 Å². The van der Waals surface area contributed by atoms with Gasteiger partial charge in [0.1, 0.15) is 6.04 Å². The minimum absolute atomic E-state index is 0.0110. The Hall–Kier alpha value is -3.68. The number of para-hydroxylation sites is 1. The van der Waals surface area contributed by atoms with E-state index in [1.807, 2.05) is 31.2 Å². The quantitative estimate of drug-likeness (QED) is 0.520. The summed E-state index contributed by atoms with van der Waals surface area (Å²) in [6.45, 7) is 2.60. The summed E-state index contributed by atoms with van der Waals surface area (Å²) in [5, 5.41) is 12.1. The lowest BCUT2D eigenvalue weighted by molar-refractivity contribution is -0.384. The van der Waals surface area contributed by atoms with E-state index in [0.717, 1.165) is 34.1 Å². The number of H-pyrrole nitrogens is 1. The Morgan fingerprint density at radius 1 is 1.13 bits per heavy atom. The molecule has 31 heavy (non-hydrogen) atoms. The second-order valence-electron chi connectivity index (χ2n) is 8.09. The molecule has 0 aliphatic carbocycles. The number of hydrogen-bond donors (Lipinski definition) is 1. The van der Waals surface area contributed by atoms with Gasteiger partial charge in [-0.3, -0.25) is 19.7 Å². The van der Waals surface area contributed by atoms with E-state index in [4.69, 9.17) is 0 Å². The summed E-state index contributed by atoms with van der Waals surface area (Å²) in [4.78, 5) is 44.0. The second kappa shape index (κ2) is 7.23. The van der Waals surface area contributed by atoms with Crippen LogP contribution in [0.4, 0.5) is 5.69 Å². The van der Waals surface area contributed by atoms with Gasteiger partial charge in [-0.25, -0.2) is 0 Å². The summed E-state index contributed by atoms with van der Waals surface area (Å²) in [5.41, 5.74) is 3.58. The number of rotatable bonds is 4. The largest absolute Gasteiger partial charge is 0.356 e. The smallest absolute Gasteiger partial charge is 0.269 e. The average molecular weight is 418 g/mol. The number of nitrogens with one attached hydrogen (secondary N) is 1. The van der Waals surface area contributed by atoms with Gasteiger partial charge in [0.05, 0.1) is 17.5 Å². The SMILES string of the molecule is CCCN1CC(=O)N2[C@H](c3ccc([N+](=O)[O-])cc3)c3[nH]c4ccccc4c3C[C@H]2C1=O. The Morgan fingerprint density at radius 2 is 1.87 bits per heavy atom. The molecular weight excluding hydrogens is 396 g/mol. The molecule has 2 aliphatic rings. The molecule has 3 aromatic rings. The molecule has 5 rings (SSSR count). The molecule has 0 unspecified atom stereocenters. The van der Waals surface area contributed by atoms with Gasteiger partial charge in [-0.2, -0.15) is 0 Å². The molecule has 3 heterocycles. The van der Waals surface area contributed by atoms with Crippen molar-refractivity contribution < 1.29 is 14.5 Å². The summed E-state index contributed by atoms with van der Waals surface area (Å²) in [6.07, 6.45) is 1.24. The maximum Gasteiger partial charge on any atom is 0.269 e. The normalized spacial score (nSPS) is 20.7. The summed E-state index contributed by atoms with van der Waals surface area (Å²) in [5.74, 6) is -0.144. The van der Waals surface area contributed by atoms with Crippen molar-refractivity contribution in [2.45, 2.75) is 31.8 Å². The molecule has 0 bridgehead atoms. The van der Waals surface area contributed by atoms with E-state index in [9.17, 15) is 19.7 Å². The molecule has 2 amide bonds. The number of non-ortho nitro benzene ring substituents is 1. The predicted octanol–water partition coefficient (Wildman–Crippen LogP) is 3.17. The summed E-state index contributed by atoms with van der Waals surface area (Å²) in [6, 6.07) is 13.1. The Labute approximate surface area is 178 Å². The van der Waals surface area contributed by atoms with Crippen LogP contribution in [-0.2, 0) is 16.0 Å². The molecule has 1 saturated heterocycles. The van der Waals surface area contributed by atoms with Crippen molar-refractivity contribution in [2.24, 2.45) is 0 Å².